The molecule has 0 saturated carbocycles. The molecule has 0 aliphatic heterocycles. The predicted molar refractivity (Wildman–Crippen MR) is 156 cm³/mol. The molecule has 0 saturated heterocycles. The molecule has 0 amide bonds. The van der Waals surface area contributed by atoms with Crippen molar-refractivity contribution in [1.29, 1.82) is 10.5 Å². The van der Waals surface area contributed by atoms with Gasteiger partial charge < -0.3 is 0 Å². The molecule has 2 aromatic heterocycles. The summed E-state index contributed by atoms with van der Waals surface area (Å²) in [5.41, 5.74) is 1.76. The molecule has 0 radical (unpaired) electrons. The number of fused-ring (bicyclic) bond motifs is 5. The lowest BCUT2D eigenvalue weighted by Gasteiger charge is -2.15. The minimum absolute atomic E-state index is 0.0430. The van der Waals surface area contributed by atoms with Crippen LogP contribution in [0.2, 0.25) is 0 Å². The van der Waals surface area contributed by atoms with Crippen LogP contribution in [-0.4, -0.2) is 13.7 Å². The fourth-order valence-electron chi connectivity index (χ4n) is 5.31. The Morgan fingerprint density at radius 1 is 0.628 bits per heavy atom. The molecule has 7 aromatic rings. The zero-order valence-corrected chi connectivity index (χ0v) is 22.5. The van der Waals surface area contributed by atoms with Gasteiger partial charge in [-0.05, 0) is 35.4 Å². The van der Waals surface area contributed by atoms with E-state index >= 15 is 8.78 Å². The summed E-state index contributed by atoms with van der Waals surface area (Å²) in [6.45, 7) is 0. The molecule has 0 fully saturated rings. The van der Waals surface area contributed by atoms with Crippen LogP contribution in [0, 0.1) is 45.9 Å². The van der Waals surface area contributed by atoms with Crippen molar-refractivity contribution in [2.24, 2.45) is 0 Å². The van der Waals surface area contributed by atoms with Gasteiger partial charge in [-0.15, -0.1) is 0 Å². The number of rotatable bonds is 3. The van der Waals surface area contributed by atoms with Gasteiger partial charge in [0.25, 0.3) is 0 Å². The maximum Gasteiger partial charge on any atom is 0.180 e. The standard InChI is InChI=1S/C33H13F4N5S/c34-27-23(15-39)28(35)30(37)26(29(27)36)22-13-21-25(33-32(22)41-43-42-33)20-11-10-19(17-8-6-16(14-38)7-9-17)12-24(20)40-31(21)18-4-2-1-3-5-18/h1-13H. The number of pyridine rings is 1. The molecule has 204 valence electrons. The first kappa shape index (κ1) is 26.2. The van der Waals surface area contributed by atoms with E-state index in [2.05, 4.69) is 14.8 Å². The van der Waals surface area contributed by atoms with Crippen molar-refractivity contribution in [3.8, 4) is 45.6 Å². The van der Waals surface area contributed by atoms with Crippen molar-refractivity contribution >= 4 is 44.4 Å². The van der Waals surface area contributed by atoms with Crippen molar-refractivity contribution in [2.75, 3.05) is 0 Å². The van der Waals surface area contributed by atoms with Crippen molar-refractivity contribution in [3.05, 3.63) is 113 Å². The van der Waals surface area contributed by atoms with Crippen LogP contribution in [0.25, 0.3) is 66.2 Å². The van der Waals surface area contributed by atoms with E-state index < -0.39 is 34.4 Å². The number of halogens is 4. The number of hydrogen-bond donors (Lipinski definition) is 0. The number of nitrogens with zero attached hydrogens (tertiary/aromatic N) is 5. The van der Waals surface area contributed by atoms with Gasteiger partial charge in [0.15, 0.2) is 23.3 Å². The van der Waals surface area contributed by atoms with E-state index in [1.165, 1.54) is 12.1 Å². The Bertz CT molecular complexity index is 2330. The van der Waals surface area contributed by atoms with Gasteiger partial charge in [0, 0.05) is 27.3 Å². The second-order valence-corrected chi connectivity index (χ2v) is 10.2. The quantitative estimate of drug-likeness (QED) is 0.117. The van der Waals surface area contributed by atoms with Gasteiger partial charge in [0.2, 0.25) is 0 Å². The van der Waals surface area contributed by atoms with E-state index in [-0.39, 0.29) is 16.6 Å². The van der Waals surface area contributed by atoms with Crippen molar-refractivity contribution < 1.29 is 17.6 Å². The van der Waals surface area contributed by atoms with E-state index in [0.29, 0.717) is 38.5 Å². The van der Waals surface area contributed by atoms with Gasteiger partial charge in [-0.25, -0.2) is 22.5 Å². The lowest BCUT2D eigenvalue weighted by molar-refractivity contribution is 0.454. The highest BCUT2D eigenvalue weighted by Gasteiger charge is 2.29. The fraction of sp³-hybridized carbons (Fsp3) is 0. The Balaban J connectivity index is 1.60. The number of hydrogen-bond acceptors (Lipinski definition) is 6. The highest BCUT2D eigenvalue weighted by molar-refractivity contribution is 7.00. The summed E-state index contributed by atoms with van der Waals surface area (Å²) in [6.07, 6.45) is 0. The molecule has 0 atom stereocenters. The van der Waals surface area contributed by atoms with Gasteiger partial charge in [-0.1, -0.05) is 54.6 Å². The summed E-state index contributed by atoms with van der Waals surface area (Å²) < 4.78 is 68.8. The Labute approximate surface area is 244 Å². The molecule has 10 heteroatoms. The summed E-state index contributed by atoms with van der Waals surface area (Å²) >= 11 is 0.787. The first-order chi connectivity index (χ1) is 20.9. The molecule has 5 nitrogen and oxygen atoms in total. The minimum Gasteiger partial charge on any atom is -0.247 e. The largest absolute Gasteiger partial charge is 0.247 e. The fourth-order valence-corrected chi connectivity index (χ4v) is 5.87. The van der Waals surface area contributed by atoms with Crippen LogP contribution >= 0.6 is 11.7 Å². The normalized spacial score (nSPS) is 11.2. The first-order valence-electron chi connectivity index (χ1n) is 12.8. The summed E-state index contributed by atoms with van der Waals surface area (Å²) in [7, 11) is 0. The van der Waals surface area contributed by atoms with E-state index in [1.54, 1.807) is 12.1 Å². The molecule has 0 aliphatic rings. The zero-order chi connectivity index (χ0) is 29.8. The van der Waals surface area contributed by atoms with Gasteiger partial charge in [0.1, 0.15) is 22.7 Å². The van der Waals surface area contributed by atoms with Gasteiger partial charge in [-0.2, -0.15) is 19.3 Å². The summed E-state index contributed by atoms with van der Waals surface area (Å²) in [5, 5.41) is 19.9. The van der Waals surface area contributed by atoms with Crippen molar-refractivity contribution in [2.45, 2.75) is 0 Å². The second-order valence-electron chi connectivity index (χ2n) is 9.67. The maximum atomic E-state index is 15.3. The van der Waals surface area contributed by atoms with Gasteiger partial charge >= 0.3 is 0 Å². The van der Waals surface area contributed by atoms with E-state index in [9.17, 15) is 8.78 Å². The third-order valence-corrected chi connectivity index (χ3v) is 7.86. The van der Waals surface area contributed by atoms with Crippen LogP contribution in [0.3, 0.4) is 0 Å². The number of benzene rings is 5. The Morgan fingerprint density at radius 2 is 1.30 bits per heavy atom. The Hall–Kier alpha value is -5.71. The second kappa shape index (κ2) is 9.98. The van der Waals surface area contributed by atoms with Crippen molar-refractivity contribution in [1.82, 2.24) is 13.7 Å². The van der Waals surface area contributed by atoms with E-state index in [0.717, 1.165) is 22.9 Å². The van der Waals surface area contributed by atoms with E-state index in [4.69, 9.17) is 15.5 Å². The molecule has 43 heavy (non-hydrogen) atoms. The predicted octanol–water partition coefficient (Wildman–Crippen LogP) is 8.69. The zero-order valence-electron chi connectivity index (χ0n) is 21.7. The summed E-state index contributed by atoms with van der Waals surface area (Å²) in [4.78, 5) is 4.95. The lowest BCUT2D eigenvalue weighted by Crippen LogP contribution is -2.04. The Kier molecular flexibility index (Phi) is 6.08. The van der Waals surface area contributed by atoms with Crippen LogP contribution < -0.4 is 0 Å². The third kappa shape index (κ3) is 4.00. The average molecular weight is 588 g/mol. The number of aromatic nitrogens is 3. The third-order valence-electron chi connectivity index (χ3n) is 7.33. The van der Waals surface area contributed by atoms with Crippen LogP contribution in [0.4, 0.5) is 17.6 Å². The minimum atomic E-state index is -1.79. The van der Waals surface area contributed by atoms with Crippen LogP contribution in [0.1, 0.15) is 11.1 Å². The molecule has 0 N–H and O–H groups in total. The molecule has 7 rings (SSSR count). The Morgan fingerprint density at radius 3 is 1.98 bits per heavy atom. The summed E-state index contributed by atoms with van der Waals surface area (Å²) in [5.74, 6) is -6.98. The average Bonchev–Trinajstić information content (AvgIpc) is 3.54. The highest BCUT2D eigenvalue weighted by atomic mass is 32.1. The maximum absolute atomic E-state index is 15.3. The van der Waals surface area contributed by atoms with Crippen LogP contribution in [0.5, 0.6) is 0 Å². The SMILES string of the molecule is N#Cc1ccc(-c2ccc3c(c2)nc(-c2ccccc2)c2cc(-c4c(F)c(F)c(C#N)c(F)c4F)c4nsnc4c23)cc1. The molecule has 2 heterocycles. The summed E-state index contributed by atoms with van der Waals surface area (Å²) in [6, 6.07) is 26.6. The van der Waals surface area contributed by atoms with Crippen LogP contribution in [0.15, 0.2) is 78.9 Å². The lowest BCUT2D eigenvalue weighted by atomic mass is 9.92. The van der Waals surface area contributed by atoms with Crippen molar-refractivity contribution in [3.63, 3.8) is 0 Å². The van der Waals surface area contributed by atoms with Gasteiger partial charge in [0.05, 0.1) is 40.1 Å². The molecular weight excluding hydrogens is 574 g/mol. The molecule has 0 bridgehead atoms. The molecular formula is C33H13F4N5S. The topological polar surface area (TPSA) is 86.2 Å². The van der Waals surface area contributed by atoms with Gasteiger partial charge in [-0.3, -0.25) is 0 Å². The highest BCUT2D eigenvalue weighted by Crippen LogP contribution is 2.43. The smallest absolute Gasteiger partial charge is 0.180 e. The van der Waals surface area contributed by atoms with Crippen LogP contribution in [-0.2, 0) is 0 Å². The first-order valence-corrected chi connectivity index (χ1v) is 13.5. The van der Waals surface area contributed by atoms with E-state index in [1.807, 2.05) is 60.7 Å². The monoisotopic (exact) mass is 587 g/mol. The molecule has 5 aromatic carbocycles. The molecule has 0 aliphatic carbocycles. The molecule has 0 unspecified atom stereocenters. The number of nitriles is 2. The molecule has 0 spiro atoms.